The Kier molecular flexibility index (Phi) is 11.6. The van der Waals surface area contributed by atoms with Crippen molar-refractivity contribution in [3.05, 3.63) is 47.8 Å². The molecule has 1 fully saturated rings. The van der Waals surface area contributed by atoms with E-state index in [4.69, 9.17) is 9.47 Å². The van der Waals surface area contributed by atoms with Crippen LogP contribution in [-0.4, -0.2) is 24.3 Å². The number of carbonyl (C=O) groups is 1. The average Bonchev–Trinajstić information content (AvgIpc) is 2.88. The first-order valence-corrected chi connectivity index (χ1v) is 13.9. The van der Waals surface area contributed by atoms with Gasteiger partial charge in [0, 0.05) is 5.56 Å². The van der Waals surface area contributed by atoms with Crippen molar-refractivity contribution in [3.8, 4) is 22.6 Å². The molecule has 0 saturated heterocycles. The van der Waals surface area contributed by atoms with Gasteiger partial charge >= 0.3 is 5.97 Å². The van der Waals surface area contributed by atoms with Crippen LogP contribution in [0.3, 0.4) is 0 Å². The van der Waals surface area contributed by atoms with Crippen molar-refractivity contribution in [2.24, 2.45) is 11.8 Å². The van der Waals surface area contributed by atoms with Gasteiger partial charge in [-0.3, -0.25) is 0 Å². The van der Waals surface area contributed by atoms with Crippen molar-refractivity contribution in [2.45, 2.75) is 90.9 Å². The zero-order valence-corrected chi connectivity index (χ0v) is 22.1. The van der Waals surface area contributed by atoms with Crippen molar-refractivity contribution >= 4 is 5.97 Å². The maximum Gasteiger partial charge on any atom is 0.336 e. The highest BCUT2D eigenvalue weighted by molar-refractivity contribution is 5.96. The first-order chi connectivity index (χ1) is 17.5. The Bertz CT molecular complexity index is 932. The van der Waals surface area contributed by atoms with Crippen molar-refractivity contribution in [1.82, 2.24) is 0 Å². The van der Waals surface area contributed by atoms with Crippen LogP contribution in [0.25, 0.3) is 11.1 Å². The highest BCUT2D eigenvalue weighted by Gasteiger charge is 2.21. The first kappa shape index (κ1) is 28.0. The summed E-state index contributed by atoms with van der Waals surface area (Å²) in [7, 11) is 0. The molecule has 198 valence electrons. The van der Waals surface area contributed by atoms with Gasteiger partial charge in [-0.05, 0) is 60.9 Å². The van der Waals surface area contributed by atoms with Gasteiger partial charge in [-0.1, -0.05) is 83.8 Å². The van der Waals surface area contributed by atoms with Gasteiger partial charge in [-0.2, -0.15) is 0 Å². The fourth-order valence-corrected chi connectivity index (χ4v) is 5.34. The molecule has 4 nitrogen and oxygen atoms in total. The Hall–Kier alpha value is -2.56. The molecule has 5 heteroatoms. The molecule has 1 aliphatic carbocycles. The molecule has 3 rings (SSSR count). The molecule has 0 bridgehead atoms. The number of hydrogen-bond acceptors (Lipinski definition) is 3. The largest absolute Gasteiger partial charge is 0.494 e. The van der Waals surface area contributed by atoms with Crippen LogP contribution in [0, 0.1) is 17.7 Å². The van der Waals surface area contributed by atoms with Crippen molar-refractivity contribution in [2.75, 3.05) is 13.2 Å². The van der Waals surface area contributed by atoms with E-state index in [1.165, 1.54) is 57.1 Å². The summed E-state index contributed by atoms with van der Waals surface area (Å²) in [4.78, 5) is 11.8. The number of hydrogen-bond donors (Lipinski definition) is 1. The lowest BCUT2D eigenvalue weighted by atomic mass is 9.78. The number of benzene rings is 2. The maximum atomic E-state index is 15.3. The summed E-state index contributed by atoms with van der Waals surface area (Å²) in [6, 6.07) is 9.85. The molecule has 0 aromatic heterocycles. The fourth-order valence-electron chi connectivity index (χ4n) is 5.34. The normalized spacial score (nSPS) is 17.6. The number of aromatic carboxylic acids is 1. The number of halogens is 1. The van der Waals surface area contributed by atoms with Crippen LogP contribution >= 0.6 is 0 Å². The quantitative estimate of drug-likeness (QED) is 0.249. The molecule has 0 heterocycles. The van der Waals surface area contributed by atoms with Crippen LogP contribution in [0.1, 0.15) is 101 Å². The molecule has 36 heavy (non-hydrogen) atoms. The molecular weight excluding hydrogens is 455 g/mol. The van der Waals surface area contributed by atoms with E-state index in [9.17, 15) is 9.90 Å². The predicted molar refractivity (Wildman–Crippen MR) is 144 cm³/mol. The lowest BCUT2D eigenvalue weighted by Crippen LogP contribution is -2.15. The molecule has 1 saturated carbocycles. The van der Waals surface area contributed by atoms with Gasteiger partial charge in [0.15, 0.2) is 11.6 Å². The molecule has 0 radical (unpaired) electrons. The summed E-state index contributed by atoms with van der Waals surface area (Å²) in [6.45, 7) is 5.48. The highest BCUT2D eigenvalue weighted by atomic mass is 19.1. The standard InChI is InChI=1S/C31H43FO4/c1-3-5-6-7-21-36-28-20-19-27(31(33)34)29(30(28)32)25-15-17-26(18-16-25)35-22-8-10-24-13-11-23(9-4-2)12-14-24/h15-20,23-24H,3-14,21-22H2,1-2H3,(H,33,34). The topological polar surface area (TPSA) is 55.8 Å². The number of rotatable bonds is 15. The van der Waals surface area contributed by atoms with E-state index in [0.29, 0.717) is 24.5 Å². The molecule has 0 spiro atoms. The Morgan fingerprint density at radius 2 is 1.50 bits per heavy atom. The van der Waals surface area contributed by atoms with E-state index in [0.717, 1.165) is 43.9 Å². The molecular formula is C31H43FO4. The van der Waals surface area contributed by atoms with Gasteiger partial charge < -0.3 is 14.6 Å². The van der Waals surface area contributed by atoms with Crippen LogP contribution in [0.2, 0.25) is 0 Å². The van der Waals surface area contributed by atoms with E-state index >= 15 is 4.39 Å². The summed E-state index contributed by atoms with van der Waals surface area (Å²) in [5, 5.41) is 9.63. The summed E-state index contributed by atoms with van der Waals surface area (Å²) in [5.74, 6) is 0.768. The number of carboxylic acid groups (broad SMARTS) is 1. The van der Waals surface area contributed by atoms with E-state index in [-0.39, 0.29) is 16.9 Å². The second-order valence-electron chi connectivity index (χ2n) is 10.2. The number of carboxylic acids is 1. The highest BCUT2D eigenvalue weighted by Crippen LogP contribution is 2.35. The Labute approximate surface area is 216 Å². The van der Waals surface area contributed by atoms with Gasteiger partial charge in [-0.15, -0.1) is 0 Å². The van der Waals surface area contributed by atoms with Gasteiger partial charge in [0.1, 0.15) is 5.75 Å². The fraction of sp³-hybridized carbons (Fsp3) is 0.581. The minimum atomic E-state index is -1.16. The van der Waals surface area contributed by atoms with Crippen LogP contribution in [-0.2, 0) is 0 Å². The Morgan fingerprint density at radius 3 is 2.14 bits per heavy atom. The summed E-state index contributed by atoms with van der Waals surface area (Å²) < 4.78 is 26.9. The molecule has 1 aliphatic rings. The third-order valence-electron chi connectivity index (χ3n) is 7.42. The van der Waals surface area contributed by atoms with Gasteiger partial charge in [0.05, 0.1) is 18.8 Å². The first-order valence-electron chi connectivity index (χ1n) is 13.9. The monoisotopic (exact) mass is 498 g/mol. The minimum absolute atomic E-state index is 0.0544. The van der Waals surface area contributed by atoms with E-state index in [1.807, 2.05) is 0 Å². The zero-order valence-electron chi connectivity index (χ0n) is 22.1. The second-order valence-corrected chi connectivity index (χ2v) is 10.2. The molecule has 2 aromatic carbocycles. The second kappa shape index (κ2) is 14.9. The lowest BCUT2D eigenvalue weighted by molar-refractivity contribution is 0.0697. The Balaban J connectivity index is 1.55. The summed E-state index contributed by atoms with van der Waals surface area (Å²) in [6.07, 6.45) is 14.4. The zero-order chi connectivity index (χ0) is 25.8. The number of unbranched alkanes of at least 4 members (excludes halogenated alkanes) is 3. The molecule has 0 atom stereocenters. The minimum Gasteiger partial charge on any atom is -0.494 e. The SMILES string of the molecule is CCCCCCOc1ccc(C(=O)O)c(-c2ccc(OCCCC3CCC(CCC)CC3)cc2)c1F. The smallest absolute Gasteiger partial charge is 0.336 e. The molecule has 0 unspecified atom stereocenters. The molecule has 1 N–H and O–H groups in total. The van der Waals surface area contributed by atoms with Gasteiger partial charge in [0.2, 0.25) is 0 Å². The van der Waals surface area contributed by atoms with Gasteiger partial charge in [0.25, 0.3) is 0 Å². The molecule has 0 aliphatic heterocycles. The third-order valence-corrected chi connectivity index (χ3v) is 7.42. The van der Waals surface area contributed by atoms with Gasteiger partial charge in [-0.25, -0.2) is 9.18 Å². The number of ether oxygens (including phenoxy) is 2. The third kappa shape index (κ3) is 8.25. The van der Waals surface area contributed by atoms with Crippen molar-refractivity contribution in [1.29, 1.82) is 0 Å². The van der Waals surface area contributed by atoms with Crippen LogP contribution in [0.5, 0.6) is 11.5 Å². The molecule has 0 amide bonds. The van der Waals surface area contributed by atoms with E-state index in [1.54, 1.807) is 24.3 Å². The average molecular weight is 499 g/mol. The summed E-state index contributed by atoms with van der Waals surface area (Å²) >= 11 is 0. The van der Waals surface area contributed by atoms with Crippen molar-refractivity contribution in [3.63, 3.8) is 0 Å². The van der Waals surface area contributed by atoms with Crippen LogP contribution in [0.4, 0.5) is 4.39 Å². The Morgan fingerprint density at radius 1 is 0.833 bits per heavy atom. The van der Waals surface area contributed by atoms with Crippen LogP contribution in [0.15, 0.2) is 36.4 Å². The van der Waals surface area contributed by atoms with E-state index < -0.39 is 11.8 Å². The molecule has 2 aromatic rings. The summed E-state index contributed by atoms with van der Waals surface area (Å²) in [5.41, 5.74) is 0.476. The lowest BCUT2D eigenvalue weighted by Gasteiger charge is -2.28. The van der Waals surface area contributed by atoms with E-state index in [2.05, 4.69) is 13.8 Å². The van der Waals surface area contributed by atoms with Crippen LogP contribution < -0.4 is 9.47 Å². The van der Waals surface area contributed by atoms with Crippen molar-refractivity contribution < 1.29 is 23.8 Å². The predicted octanol–water partition coefficient (Wildman–Crippen LogP) is 8.92. The maximum absolute atomic E-state index is 15.3.